The molecule has 0 spiro atoms. The molecule has 2 aromatic rings. The molecule has 7 heteroatoms. The second kappa shape index (κ2) is 8.13. The monoisotopic (exact) mass is 344 g/mol. The van der Waals surface area contributed by atoms with Crippen LogP contribution in [0.25, 0.3) is 6.08 Å². The van der Waals surface area contributed by atoms with Crippen LogP contribution in [0.15, 0.2) is 35.7 Å². The average Bonchev–Trinajstić information content (AvgIpc) is 2.99. The van der Waals surface area contributed by atoms with Crippen molar-refractivity contribution >= 4 is 29.2 Å². The number of esters is 1. The number of benzene rings is 1. The Labute approximate surface area is 142 Å². The SMILES string of the molecule is Cc1csc([C@@H](C#N)C(=O)COC(=O)/C=C/c2ccccc2F)n1. The summed E-state index contributed by atoms with van der Waals surface area (Å²) < 4.78 is 18.2. The Morgan fingerprint density at radius 2 is 2.21 bits per heavy atom. The van der Waals surface area contributed by atoms with E-state index >= 15 is 0 Å². The number of hydrogen-bond donors (Lipinski definition) is 0. The first-order valence-corrected chi connectivity index (χ1v) is 7.83. The molecule has 1 atom stereocenters. The zero-order valence-electron chi connectivity index (χ0n) is 12.7. The van der Waals surface area contributed by atoms with E-state index in [0.29, 0.717) is 10.7 Å². The summed E-state index contributed by atoms with van der Waals surface area (Å²) in [5.41, 5.74) is 0.946. The van der Waals surface area contributed by atoms with Crippen molar-refractivity contribution in [1.82, 2.24) is 4.98 Å². The first kappa shape index (κ1) is 17.5. The molecule has 1 aromatic heterocycles. The van der Waals surface area contributed by atoms with Gasteiger partial charge in [0.05, 0.1) is 6.07 Å². The number of thiazole rings is 1. The fourth-order valence-corrected chi connectivity index (χ4v) is 2.67. The Hall–Kier alpha value is -2.85. The average molecular weight is 344 g/mol. The summed E-state index contributed by atoms with van der Waals surface area (Å²) in [6.45, 7) is 1.21. The van der Waals surface area contributed by atoms with Crippen molar-refractivity contribution in [2.24, 2.45) is 0 Å². The van der Waals surface area contributed by atoms with Gasteiger partial charge in [0.15, 0.2) is 18.3 Å². The highest BCUT2D eigenvalue weighted by Crippen LogP contribution is 2.20. The number of nitrogens with zero attached hydrogens (tertiary/aromatic N) is 2. The van der Waals surface area contributed by atoms with Crippen molar-refractivity contribution < 1.29 is 18.7 Å². The van der Waals surface area contributed by atoms with E-state index < -0.39 is 30.1 Å². The lowest BCUT2D eigenvalue weighted by atomic mass is 10.1. The lowest BCUT2D eigenvalue weighted by Gasteiger charge is -2.05. The molecule has 0 aliphatic heterocycles. The second-order valence-corrected chi connectivity index (χ2v) is 5.71. The molecule has 0 saturated carbocycles. The summed E-state index contributed by atoms with van der Waals surface area (Å²) >= 11 is 1.20. The van der Waals surface area contributed by atoms with E-state index in [-0.39, 0.29) is 5.56 Å². The molecular weight excluding hydrogens is 331 g/mol. The first-order valence-electron chi connectivity index (χ1n) is 6.95. The maximum atomic E-state index is 13.4. The summed E-state index contributed by atoms with van der Waals surface area (Å²) in [5, 5.41) is 11.2. The number of aromatic nitrogens is 1. The minimum absolute atomic E-state index is 0.230. The van der Waals surface area contributed by atoms with E-state index in [0.717, 1.165) is 6.08 Å². The number of hydrogen-bond acceptors (Lipinski definition) is 6. The highest BCUT2D eigenvalue weighted by atomic mass is 32.1. The van der Waals surface area contributed by atoms with Gasteiger partial charge in [-0.3, -0.25) is 4.79 Å². The third kappa shape index (κ3) is 4.57. The molecule has 0 radical (unpaired) electrons. The summed E-state index contributed by atoms with van der Waals surface area (Å²) in [5.74, 6) is -2.88. The summed E-state index contributed by atoms with van der Waals surface area (Å²) in [7, 11) is 0. The van der Waals surface area contributed by atoms with Crippen molar-refractivity contribution in [1.29, 1.82) is 5.26 Å². The normalized spacial score (nSPS) is 11.9. The van der Waals surface area contributed by atoms with Gasteiger partial charge in [-0.2, -0.15) is 5.26 Å². The molecule has 1 aromatic carbocycles. The second-order valence-electron chi connectivity index (χ2n) is 4.82. The van der Waals surface area contributed by atoms with E-state index in [1.54, 1.807) is 18.4 Å². The molecule has 5 nitrogen and oxygen atoms in total. The van der Waals surface area contributed by atoms with Gasteiger partial charge in [-0.1, -0.05) is 18.2 Å². The highest BCUT2D eigenvalue weighted by molar-refractivity contribution is 7.09. The van der Waals surface area contributed by atoms with Gasteiger partial charge in [-0.25, -0.2) is 14.2 Å². The minimum Gasteiger partial charge on any atom is -0.454 e. The Balaban J connectivity index is 1.92. The molecule has 0 saturated heterocycles. The summed E-state index contributed by atoms with van der Waals surface area (Å²) in [4.78, 5) is 27.7. The predicted molar refractivity (Wildman–Crippen MR) is 86.6 cm³/mol. The molecule has 0 fully saturated rings. The summed E-state index contributed by atoms with van der Waals surface area (Å²) in [6.07, 6.45) is 2.29. The quantitative estimate of drug-likeness (QED) is 0.594. The van der Waals surface area contributed by atoms with Crippen LogP contribution in [-0.2, 0) is 14.3 Å². The molecule has 0 amide bonds. The largest absolute Gasteiger partial charge is 0.454 e. The van der Waals surface area contributed by atoms with Gasteiger partial charge >= 0.3 is 5.97 Å². The topological polar surface area (TPSA) is 80.0 Å². The molecule has 24 heavy (non-hydrogen) atoms. The molecular formula is C17H13FN2O3S. The lowest BCUT2D eigenvalue weighted by molar-refractivity contribution is -0.143. The third-order valence-corrected chi connectivity index (χ3v) is 4.02. The number of carbonyl (C=O) groups is 2. The van der Waals surface area contributed by atoms with Gasteiger partial charge in [0.1, 0.15) is 10.8 Å². The van der Waals surface area contributed by atoms with Crippen LogP contribution in [0.4, 0.5) is 4.39 Å². The fraction of sp³-hybridized carbons (Fsp3) is 0.176. The molecule has 0 aliphatic rings. The smallest absolute Gasteiger partial charge is 0.331 e. The Morgan fingerprint density at radius 1 is 1.46 bits per heavy atom. The maximum absolute atomic E-state index is 13.4. The molecule has 0 N–H and O–H groups in total. The van der Waals surface area contributed by atoms with Crippen LogP contribution in [0.3, 0.4) is 0 Å². The van der Waals surface area contributed by atoms with E-state index in [4.69, 9.17) is 10.00 Å². The van der Waals surface area contributed by atoms with Crippen LogP contribution in [0.5, 0.6) is 0 Å². The van der Waals surface area contributed by atoms with E-state index in [2.05, 4.69) is 4.98 Å². The zero-order valence-corrected chi connectivity index (χ0v) is 13.5. The van der Waals surface area contributed by atoms with E-state index in [1.807, 2.05) is 6.07 Å². The molecule has 0 bridgehead atoms. The fourth-order valence-electron chi connectivity index (χ4n) is 1.81. The van der Waals surface area contributed by atoms with Gasteiger partial charge < -0.3 is 4.74 Å². The summed E-state index contributed by atoms with van der Waals surface area (Å²) in [6, 6.07) is 7.79. The number of Topliss-reactive ketones (excluding diaryl/α,β-unsaturated/α-hetero) is 1. The van der Waals surface area contributed by atoms with Crippen LogP contribution in [-0.4, -0.2) is 23.3 Å². The van der Waals surface area contributed by atoms with Gasteiger partial charge in [-0.05, 0) is 19.1 Å². The number of ketones is 1. The molecule has 0 unspecified atom stereocenters. The van der Waals surface area contributed by atoms with Crippen molar-refractivity contribution in [2.75, 3.05) is 6.61 Å². The molecule has 2 rings (SSSR count). The first-order chi connectivity index (χ1) is 11.5. The van der Waals surface area contributed by atoms with Crippen molar-refractivity contribution in [2.45, 2.75) is 12.8 Å². The zero-order chi connectivity index (χ0) is 17.5. The Bertz CT molecular complexity index is 823. The number of ether oxygens (including phenoxy) is 1. The predicted octanol–water partition coefficient (Wildman–Crippen LogP) is 3.02. The van der Waals surface area contributed by atoms with E-state index in [9.17, 15) is 14.0 Å². The molecule has 1 heterocycles. The Kier molecular flexibility index (Phi) is 5.93. The van der Waals surface area contributed by atoms with Crippen molar-refractivity contribution in [3.05, 3.63) is 57.8 Å². The van der Waals surface area contributed by atoms with Crippen LogP contribution in [0.2, 0.25) is 0 Å². The minimum atomic E-state index is -1.06. The van der Waals surface area contributed by atoms with E-state index in [1.165, 1.54) is 35.6 Å². The number of carbonyl (C=O) groups excluding carboxylic acids is 2. The Morgan fingerprint density at radius 3 is 2.83 bits per heavy atom. The third-order valence-electron chi connectivity index (χ3n) is 3.00. The van der Waals surface area contributed by atoms with Crippen molar-refractivity contribution in [3.8, 4) is 6.07 Å². The van der Waals surface area contributed by atoms with Crippen LogP contribution in [0, 0.1) is 24.1 Å². The van der Waals surface area contributed by atoms with Gasteiger partial charge in [-0.15, -0.1) is 11.3 Å². The highest BCUT2D eigenvalue weighted by Gasteiger charge is 2.24. The maximum Gasteiger partial charge on any atom is 0.331 e. The van der Waals surface area contributed by atoms with Gasteiger partial charge in [0, 0.05) is 22.7 Å². The molecule has 0 aliphatic carbocycles. The van der Waals surface area contributed by atoms with Crippen LogP contribution in [0.1, 0.15) is 22.2 Å². The number of nitriles is 1. The van der Waals surface area contributed by atoms with Crippen LogP contribution >= 0.6 is 11.3 Å². The van der Waals surface area contributed by atoms with Crippen LogP contribution < -0.4 is 0 Å². The molecule has 122 valence electrons. The van der Waals surface area contributed by atoms with Gasteiger partial charge in [0.25, 0.3) is 0 Å². The number of halogens is 1. The number of rotatable bonds is 6. The van der Waals surface area contributed by atoms with Gasteiger partial charge in [0.2, 0.25) is 0 Å². The standard InChI is InChI=1S/C17H13FN2O3S/c1-11-10-24-17(20-11)13(8-19)15(21)9-23-16(22)7-6-12-4-2-3-5-14(12)18/h2-7,10,13H,9H2,1H3/b7-6+/t13-/m0/s1. The van der Waals surface area contributed by atoms with Crippen molar-refractivity contribution in [3.63, 3.8) is 0 Å². The number of aryl methyl sites for hydroxylation is 1. The lowest BCUT2D eigenvalue weighted by Crippen LogP contribution is -2.19.